The van der Waals surface area contributed by atoms with E-state index in [-0.39, 0.29) is 0 Å². The number of aromatic nitrogens is 2. The number of hydrogen-bond acceptors (Lipinski definition) is 3. The summed E-state index contributed by atoms with van der Waals surface area (Å²) in [5.41, 5.74) is 1.90. The smallest absolute Gasteiger partial charge is 0.243 e. The first-order valence-electron chi connectivity index (χ1n) is 5.90. The Balaban J connectivity index is 2.21. The minimum Gasteiger partial charge on any atom is -0.275 e. The lowest BCUT2D eigenvalue weighted by Crippen LogP contribution is -2.26. The first-order chi connectivity index (χ1) is 8.89. The molecule has 6 heteroatoms. The van der Waals surface area contributed by atoms with Gasteiger partial charge in [0.05, 0.1) is 11.1 Å². The Bertz CT molecular complexity index is 659. The molecule has 1 aromatic carbocycles. The molecule has 1 aromatic heterocycles. The lowest BCUT2D eigenvalue weighted by atomic mass is 10.2. The quantitative estimate of drug-likeness (QED) is 0.853. The van der Waals surface area contributed by atoms with Crippen LogP contribution in [-0.4, -0.2) is 29.6 Å². The molecule has 0 aliphatic carbocycles. The second-order valence-corrected chi connectivity index (χ2v) is 6.64. The Labute approximate surface area is 113 Å². The van der Waals surface area contributed by atoms with Crippen LogP contribution in [0.15, 0.2) is 41.6 Å². The van der Waals surface area contributed by atoms with Crippen LogP contribution < -0.4 is 0 Å². The number of nitrogens with zero attached hydrogens (tertiary/aromatic N) is 3. The van der Waals surface area contributed by atoms with Crippen LogP contribution in [0.4, 0.5) is 0 Å². The summed E-state index contributed by atoms with van der Waals surface area (Å²) in [4.78, 5) is 0.310. The highest BCUT2D eigenvalue weighted by atomic mass is 32.2. The van der Waals surface area contributed by atoms with Crippen LogP contribution in [0.25, 0.3) is 0 Å². The van der Waals surface area contributed by atoms with E-state index in [1.165, 1.54) is 4.31 Å². The highest BCUT2D eigenvalue weighted by Gasteiger charge is 2.20. The van der Waals surface area contributed by atoms with Crippen LogP contribution >= 0.6 is 0 Å². The summed E-state index contributed by atoms with van der Waals surface area (Å²) in [6.07, 6.45) is 3.47. The molecule has 0 fully saturated rings. The van der Waals surface area contributed by atoms with Crippen molar-refractivity contribution in [2.24, 2.45) is 7.05 Å². The zero-order valence-corrected chi connectivity index (χ0v) is 12.1. The molecule has 5 nitrogen and oxygen atoms in total. The molecule has 1 heterocycles. The van der Waals surface area contributed by atoms with Gasteiger partial charge in [-0.25, -0.2) is 8.42 Å². The molecule has 0 saturated carbocycles. The van der Waals surface area contributed by atoms with E-state index in [9.17, 15) is 8.42 Å². The maximum absolute atomic E-state index is 12.4. The molecule has 0 unspecified atom stereocenters. The monoisotopic (exact) mass is 279 g/mol. The molecule has 0 aliphatic heterocycles. The average molecular weight is 279 g/mol. The summed E-state index contributed by atoms with van der Waals surface area (Å²) < 4.78 is 27.7. The van der Waals surface area contributed by atoms with Gasteiger partial charge in [-0.1, -0.05) is 17.7 Å². The summed E-state index contributed by atoms with van der Waals surface area (Å²) in [7, 11) is -0.0732. The van der Waals surface area contributed by atoms with Gasteiger partial charge in [0, 0.05) is 32.4 Å². The predicted molar refractivity (Wildman–Crippen MR) is 73.0 cm³/mol. The van der Waals surface area contributed by atoms with Gasteiger partial charge in [0.2, 0.25) is 10.0 Å². The highest BCUT2D eigenvalue weighted by Crippen LogP contribution is 2.16. The Morgan fingerprint density at radius 1 is 1.26 bits per heavy atom. The van der Waals surface area contributed by atoms with Crippen molar-refractivity contribution in [3.63, 3.8) is 0 Å². The van der Waals surface area contributed by atoms with Crippen molar-refractivity contribution < 1.29 is 8.42 Å². The van der Waals surface area contributed by atoms with Gasteiger partial charge in [-0.15, -0.1) is 0 Å². The third kappa shape index (κ3) is 3.02. The van der Waals surface area contributed by atoms with E-state index in [4.69, 9.17) is 0 Å². The molecule has 0 amide bonds. The summed E-state index contributed by atoms with van der Waals surface area (Å²) >= 11 is 0. The van der Waals surface area contributed by atoms with Crippen LogP contribution in [0.1, 0.15) is 11.1 Å². The predicted octanol–water partition coefficient (Wildman–Crippen LogP) is 1.55. The highest BCUT2D eigenvalue weighted by molar-refractivity contribution is 7.89. The van der Waals surface area contributed by atoms with Crippen molar-refractivity contribution in [3.8, 4) is 0 Å². The third-order valence-corrected chi connectivity index (χ3v) is 4.71. The average Bonchev–Trinajstić information content (AvgIpc) is 2.75. The fourth-order valence-corrected chi connectivity index (χ4v) is 2.94. The number of benzene rings is 1. The van der Waals surface area contributed by atoms with E-state index in [0.29, 0.717) is 11.4 Å². The zero-order valence-electron chi connectivity index (χ0n) is 11.2. The summed E-state index contributed by atoms with van der Waals surface area (Å²) in [5.74, 6) is 0. The largest absolute Gasteiger partial charge is 0.275 e. The fourth-order valence-electron chi connectivity index (χ4n) is 1.79. The van der Waals surface area contributed by atoms with Gasteiger partial charge in [0.25, 0.3) is 0 Å². The van der Waals surface area contributed by atoms with E-state index in [1.54, 1.807) is 55.4 Å². The molecule has 0 N–H and O–H groups in total. The van der Waals surface area contributed by atoms with Gasteiger partial charge in [0.1, 0.15) is 0 Å². The van der Waals surface area contributed by atoms with Crippen LogP contribution in [0.3, 0.4) is 0 Å². The van der Waals surface area contributed by atoms with E-state index in [1.807, 2.05) is 6.92 Å². The van der Waals surface area contributed by atoms with Crippen molar-refractivity contribution in [2.45, 2.75) is 18.4 Å². The second-order valence-electron chi connectivity index (χ2n) is 4.60. The summed E-state index contributed by atoms with van der Waals surface area (Å²) in [5, 5.41) is 4.03. The Morgan fingerprint density at radius 2 is 1.89 bits per heavy atom. The van der Waals surface area contributed by atoms with Crippen molar-refractivity contribution in [1.82, 2.24) is 14.1 Å². The molecule has 0 radical (unpaired) electrons. The topological polar surface area (TPSA) is 55.2 Å². The molecule has 2 rings (SSSR count). The molecule has 0 spiro atoms. The third-order valence-electron chi connectivity index (χ3n) is 2.89. The molecule has 19 heavy (non-hydrogen) atoms. The molecule has 2 aromatic rings. The molecule has 0 atom stereocenters. The van der Waals surface area contributed by atoms with Crippen molar-refractivity contribution in [3.05, 3.63) is 47.8 Å². The van der Waals surface area contributed by atoms with Gasteiger partial charge >= 0.3 is 0 Å². The first-order valence-corrected chi connectivity index (χ1v) is 7.34. The molecular weight excluding hydrogens is 262 g/mol. The standard InChI is InChI=1S/C13H17N3O2S/c1-11-4-6-13(7-5-11)19(17,18)16(3)10-12-8-14-15(2)9-12/h4-9H,10H2,1-3H3. The molecule has 0 saturated heterocycles. The Hall–Kier alpha value is -1.66. The minimum atomic E-state index is -3.45. The van der Waals surface area contributed by atoms with Gasteiger partial charge < -0.3 is 0 Å². The number of hydrogen-bond donors (Lipinski definition) is 0. The van der Waals surface area contributed by atoms with Crippen molar-refractivity contribution in [1.29, 1.82) is 0 Å². The van der Waals surface area contributed by atoms with Gasteiger partial charge in [-0.05, 0) is 19.1 Å². The maximum Gasteiger partial charge on any atom is 0.243 e. The fraction of sp³-hybridized carbons (Fsp3) is 0.308. The van der Waals surface area contributed by atoms with Gasteiger partial charge in [0.15, 0.2) is 0 Å². The van der Waals surface area contributed by atoms with Crippen LogP contribution in [0.2, 0.25) is 0 Å². The molecular formula is C13H17N3O2S. The van der Waals surface area contributed by atoms with E-state index in [2.05, 4.69) is 5.10 Å². The van der Waals surface area contributed by atoms with Crippen molar-refractivity contribution in [2.75, 3.05) is 7.05 Å². The molecule has 102 valence electrons. The van der Waals surface area contributed by atoms with E-state index >= 15 is 0 Å². The summed E-state index contributed by atoms with van der Waals surface area (Å²) in [6, 6.07) is 6.85. The first kappa shape index (κ1) is 13.8. The van der Waals surface area contributed by atoms with Crippen LogP contribution in [0, 0.1) is 6.92 Å². The number of rotatable bonds is 4. The SMILES string of the molecule is Cc1ccc(S(=O)(=O)N(C)Cc2cnn(C)c2)cc1. The van der Waals surface area contributed by atoms with Crippen LogP contribution in [-0.2, 0) is 23.6 Å². The van der Waals surface area contributed by atoms with Crippen LogP contribution in [0.5, 0.6) is 0 Å². The Kier molecular flexibility index (Phi) is 3.73. The van der Waals surface area contributed by atoms with Crippen molar-refractivity contribution >= 4 is 10.0 Å². The molecule has 0 bridgehead atoms. The van der Waals surface area contributed by atoms with E-state index in [0.717, 1.165) is 11.1 Å². The zero-order chi connectivity index (χ0) is 14.0. The minimum absolute atomic E-state index is 0.310. The second kappa shape index (κ2) is 5.14. The molecule has 0 aliphatic rings. The maximum atomic E-state index is 12.4. The number of sulfonamides is 1. The van der Waals surface area contributed by atoms with Gasteiger partial charge in [-0.3, -0.25) is 4.68 Å². The number of aryl methyl sites for hydroxylation is 2. The summed E-state index contributed by atoms with van der Waals surface area (Å²) in [6.45, 7) is 2.24. The normalized spacial score (nSPS) is 12.0. The Morgan fingerprint density at radius 3 is 2.42 bits per heavy atom. The lowest BCUT2D eigenvalue weighted by molar-refractivity contribution is 0.466. The lowest BCUT2D eigenvalue weighted by Gasteiger charge is -2.16. The van der Waals surface area contributed by atoms with E-state index < -0.39 is 10.0 Å². The van der Waals surface area contributed by atoms with Gasteiger partial charge in [-0.2, -0.15) is 9.40 Å².